The Labute approximate surface area is 183 Å². The average molecular weight is 413 g/mol. The van der Waals surface area contributed by atoms with Crippen LogP contribution in [0.4, 0.5) is 0 Å². The molecule has 0 saturated heterocycles. The third kappa shape index (κ3) is 4.11. The molecule has 4 nitrogen and oxygen atoms in total. The summed E-state index contributed by atoms with van der Waals surface area (Å²) in [5.74, 6) is -0.233. The Bertz CT molecular complexity index is 1140. The van der Waals surface area contributed by atoms with E-state index < -0.39 is 5.54 Å². The zero-order valence-corrected chi connectivity index (χ0v) is 18.3. The molecule has 0 aliphatic carbocycles. The molecular weight excluding hydrogens is 384 g/mol. The minimum Gasteiger partial charge on any atom is -0.350 e. The molecule has 3 aromatic carbocycles. The van der Waals surface area contributed by atoms with Crippen LogP contribution in [0, 0.1) is 13.8 Å². The molecule has 1 N–H and O–H groups in total. The van der Waals surface area contributed by atoms with Gasteiger partial charge < -0.3 is 10.2 Å². The van der Waals surface area contributed by atoms with Gasteiger partial charge in [0.2, 0.25) is 5.91 Å². The van der Waals surface area contributed by atoms with E-state index in [-0.39, 0.29) is 11.8 Å². The van der Waals surface area contributed by atoms with Crippen molar-refractivity contribution in [2.75, 3.05) is 0 Å². The van der Waals surface area contributed by atoms with E-state index in [1.165, 1.54) is 0 Å². The molecule has 1 aliphatic rings. The molecule has 0 fully saturated rings. The highest BCUT2D eigenvalue weighted by Gasteiger charge is 2.46. The number of amides is 2. The topological polar surface area (TPSA) is 49.4 Å². The molecule has 31 heavy (non-hydrogen) atoms. The number of aryl methyl sites for hydroxylation is 2. The summed E-state index contributed by atoms with van der Waals surface area (Å²) in [6.45, 7) is 6.78. The smallest absolute Gasteiger partial charge is 0.255 e. The predicted octanol–water partition coefficient (Wildman–Crippen LogP) is 4.58. The van der Waals surface area contributed by atoms with Crippen LogP contribution < -0.4 is 5.32 Å². The van der Waals surface area contributed by atoms with E-state index in [0.29, 0.717) is 25.1 Å². The first-order valence-corrected chi connectivity index (χ1v) is 10.7. The lowest BCUT2D eigenvalue weighted by atomic mass is 9.82. The molecule has 3 aromatic rings. The van der Waals surface area contributed by atoms with Crippen LogP contribution in [0.2, 0.25) is 0 Å². The summed E-state index contributed by atoms with van der Waals surface area (Å²) in [4.78, 5) is 28.8. The van der Waals surface area contributed by atoms with Gasteiger partial charge in [0, 0.05) is 25.1 Å². The van der Waals surface area contributed by atoms with Crippen molar-refractivity contribution >= 4 is 11.8 Å². The third-order valence-electron chi connectivity index (χ3n) is 6.24. The third-order valence-corrected chi connectivity index (χ3v) is 6.24. The van der Waals surface area contributed by atoms with Crippen LogP contribution in [-0.4, -0.2) is 22.3 Å². The van der Waals surface area contributed by atoms with E-state index in [0.717, 1.165) is 27.8 Å². The van der Waals surface area contributed by atoms with Gasteiger partial charge in [0.05, 0.1) is 0 Å². The van der Waals surface area contributed by atoms with Gasteiger partial charge >= 0.3 is 0 Å². The molecule has 4 rings (SSSR count). The maximum Gasteiger partial charge on any atom is 0.255 e. The van der Waals surface area contributed by atoms with Crippen LogP contribution in [0.1, 0.15) is 45.1 Å². The van der Waals surface area contributed by atoms with Crippen molar-refractivity contribution in [3.05, 3.63) is 106 Å². The normalized spacial score (nSPS) is 17.9. The zero-order valence-electron chi connectivity index (χ0n) is 18.3. The maximum absolute atomic E-state index is 13.5. The fraction of sp³-hybridized carbons (Fsp3) is 0.259. The molecule has 0 radical (unpaired) electrons. The Morgan fingerprint density at radius 3 is 2.52 bits per heavy atom. The van der Waals surface area contributed by atoms with E-state index in [9.17, 15) is 9.59 Å². The van der Waals surface area contributed by atoms with Crippen molar-refractivity contribution in [2.24, 2.45) is 0 Å². The molecule has 158 valence electrons. The predicted molar refractivity (Wildman–Crippen MR) is 123 cm³/mol. The SMILES string of the molecule is Cc1cccc(CN2C(=O)c3ccccc3CC2(C)C(=O)NCc2ccccc2C)c1. The lowest BCUT2D eigenvalue weighted by molar-refractivity contribution is -0.132. The molecule has 1 unspecified atom stereocenters. The lowest BCUT2D eigenvalue weighted by Gasteiger charge is -2.44. The van der Waals surface area contributed by atoms with E-state index in [2.05, 4.69) is 11.4 Å². The summed E-state index contributed by atoms with van der Waals surface area (Å²) in [6.07, 6.45) is 0.486. The number of rotatable bonds is 5. The molecule has 1 atom stereocenters. The zero-order chi connectivity index (χ0) is 22.0. The van der Waals surface area contributed by atoms with Crippen LogP contribution in [0.15, 0.2) is 72.8 Å². The minimum absolute atomic E-state index is 0.100. The molecule has 0 saturated carbocycles. The molecule has 4 heteroatoms. The fourth-order valence-electron chi connectivity index (χ4n) is 4.34. The van der Waals surface area contributed by atoms with E-state index in [4.69, 9.17) is 0 Å². The van der Waals surface area contributed by atoms with Gasteiger partial charge in [-0.25, -0.2) is 0 Å². The lowest BCUT2D eigenvalue weighted by Crippen LogP contribution is -2.62. The highest BCUT2D eigenvalue weighted by Crippen LogP contribution is 2.33. The summed E-state index contributed by atoms with van der Waals surface area (Å²) in [6, 6.07) is 23.7. The Hall–Kier alpha value is -3.40. The first-order valence-electron chi connectivity index (χ1n) is 10.7. The quantitative estimate of drug-likeness (QED) is 0.667. The number of hydrogen-bond acceptors (Lipinski definition) is 2. The monoisotopic (exact) mass is 412 g/mol. The van der Waals surface area contributed by atoms with Gasteiger partial charge in [-0.15, -0.1) is 0 Å². The number of nitrogens with zero attached hydrogens (tertiary/aromatic N) is 1. The summed E-state index contributed by atoms with van der Waals surface area (Å²) in [5, 5.41) is 3.10. The van der Waals surface area contributed by atoms with Crippen LogP contribution in [0.5, 0.6) is 0 Å². The highest BCUT2D eigenvalue weighted by molar-refractivity contribution is 6.02. The number of carbonyl (C=O) groups is 2. The highest BCUT2D eigenvalue weighted by atomic mass is 16.2. The summed E-state index contributed by atoms with van der Waals surface area (Å²) in [5.41, 5.74) is 4.99. The van der Waals surface area contributed by atoms with E-state index in [1.807, 2.05) is 87.5 Å². The number of fused-ring (bicyclic) bond motifs is 1. The first-order chi connectivity index (χ1) is 14.9. The van der Waals surface area contributed by atoms with Gasteiger partial charge in [-0.05, 0) is 49.1 Å². The number of hydrogen-bond donors (Lipinski definition) is 1. The fourth-order valence-corrected chi connectivity index (χ4v) is 4.34. The Kier molecular flexibility index (Phi) is 5.64. The van der Waals surface area contributed by atoms with Gasteiger partial charge in [0.1, 0.15) is 5.54 Å². The largest absolute Gasteiger partial charge is 0.350 e. The minimum atomic E-state index is -0.974. The van der Waals surface area contributed by atoms with Crippen molar-refractivity contribution in [3.63, 3.8) is 0 Å². The average Bonchev–Trinajstić information content (AvgIpc) is 2.76. The molecule has 1 aliphatic heterocycles. The van der Waals surface area contributed by atoms with Crippen LogP contribution in [0.25, 0.3) is 0 Å². The van der Waals surface area contributed by atoms with E-state index in [1.54, 1.807) is 4.90 Å². The number of nitrogens with one attached hydrogen (secondary N) is 1. The van der Waals surface area contributed by atoms with Gasteiger partial charge in [0.25, 0.3) is 5.91 Å². The van der Waals surface area contributed by atoms with Gasteiger partial charge in [0.15, 0.2) is 0 Å². The van der Waals surface area contributed by atoms with Crippen molar-refractivity contribution < 1.29 is 9.59 Å². The van der Waals surface area contributed by atoms with Crippen molar-refractivity contribution in [2.45, 2.75) is 45.8 Å². The number of benzene rings is 3. The molecular formula is C27H28N2O2. The maximum atomic E-state index is 13.5. The Morgan fingerprint density at radius 1 is 1.00 bits per heavy atom. The Balaban J connectivity index is 1.66. The standard InChI is InChI=1S/C27H28N2O2/c1-19-9-8-11-21(15-19)18-29-25(30)24-14-7-6-12-22(24)16-27(29,3)26(31)28-17-23-13-5-4-10-20(23)2/h4-15H,16-18H2,1-3H3,(H,28,31). The second-order valence-corrected chi connectivity index (χ2v) is 8.60. The molecule has 0 spiro atoms. The number of carbonyl (C=O) groups excluding carboxylic acids is 2. The van der Waals surface area contributed by atoms with Crippen LogP contribution >= 0.6 is 0 Å². The Morgan fingerprint density at radius 2 is 1.74 bits per heavy atom. The first kappa shape index (κ1) is 20.9. The summed E-state index contributed by atoms with van der Waals surface area (Å²) >= 11 is 0. The van der Waals surface area contributed by atoms with Crippen LogP contribution in [-0.2, 0) is 24.3 Å². The van der Waals surface area contributed by atoms with Crippen molar-refractivity contribution in [1.82, 2.24) is 10.2 Å². The summed E-state index contributed by atoms with van der Waals surface area (Å²) < 4.78 is 0. The second kappa shape index (κ2) is 8.38. The summed E-state index contributed by atoms with van der Waals surface area (Å²) in [7, 11) is 0. The van der Waals surface area contributed by atoms with Crippen molar-refractivity contribution in [1.29, 1.82) is 0 Å². The van der Waals surface area contributed by atoms with Gasteiger partial charge in [-0.1, -0.05) is 72.3 Å². The molecule has 2 amide bonds. The van der Waals surface area contributed by atoms with E-state index >= 15 is 0 Å². The van der Waals surface area contributed by atoms with Crippen LogP contribution in [0.3, 0.4) is 0 Å². The van der Waals surface area contributed by atoms with Crippen molar-refractivity contribution in [3.8, 4) is 0 Å². The van der Waals surface area contributed by atoms with Gasteiger partial charge in [-0.2, -0.15) is 0 Å². The molecule has 0 aromatic heterocycles. The second-order valence-electron chi connectivity index (χ2n) is 8.60. The molecule has 1 heterocycles. The molecule has 0 bridgehead atoms. The van der Waals surface area contributed by atoms with Gasteiger partial charge in [-0.3, -0.25) is 9.59 Å².